The number of thioether (sulfide) groups is 2. The predicted molar refractivity (Wildman–Crippen MR) is 133 cm³/mol. The Morgan fingerprint density at radius 3 is 2.55 bits per heavy atom. The number of rotatable bonds is 7. The quantitative estimate of drug-likeness (QED) is 0.443. The lowest BCUT2D eigenvalue weighted by molar-refractivity contribution is -0.123. The molecule has 2 aromatic carbocycles. The monoisotopic (exact) mass is 470 g/mol. The van der Waals surface area contributed by atoms with Crippen LogP contribution < -0.4 is 10.1 Å². The predicted octanol–water partition coefficient (Wildman–Crippen LogP) is 6.24. The van der Waals surface area contributed by atoms with E-state index in [1.807, 2.05) is 67.7 Å². The molecule has 2 heterocycles. The summed E-state index contributed by atoms with van der Waals surface area (Å²) in [6, 6.07) is 18.1. The molecule has 0 radical (unpaired) electrons. The highest BCUT2D eigenvalue weighted by Crippen LogP contribution is 2.43. The third kappa shape index (κ3) is 5.84. The summed E-state index contributed by atoms with van der Waals surface area (Å²) in [5, 5.41) is 4.01. The summed E-state index contributed by atoms with van der Waals surface area (Å²) in [4.78, 5) is 18.2. The molecular weight excluding hydrogens is 444 g/mol. The van der Waals surface area contributed by atoms with Crippen molar-refractivity contribution in [3.63, 3.8) is 0 Å². The van der Waals surface area contributed by atoms with Crippen molar-refractivity contribution in [2.75, 3.05) is 18.1 Å². The summed E-state index contributed by atoms with van der Waals surface area (Å²) in [6.45, 7) is 3.98. The number of ether oxygens (including phenoxy) is 1. The van der Waals surface area contributed by atoms with Gasteiger partial charge >= 0.3 is 0 Å². The zero-order valence-electron chi connectivity index (χ0n) is 17.7. The Labute approximate surface area is 196 Å². The zero-order chi connectivity index (χ0) is 21.6. The highest BCUT2D eigenvalue weighted by atomic mass is 32.2. The van der Waals surface area contributed by atoms with Crippen molar-refractivity contribution in [3.8, 4) is 16.3 Å². The number of nitrogens with zero attached hydrogens (tertiary/aromatic N) is 1. The van der Waals surface area contributed by atoms with E-state index in [9.17, 15) is 4.79 Å². The van der Waals surface area contributed by atoms with E-state index in [2.05, 4.69) is 34.6 Å². The van der Waals surface area contributed by atoms with Crippen LogP contribution in [0, 0.1) is 6.92 Å². The molecule has 1 saturated heterocycles. The molecule has 1 N–H and O–H groups in total. The van der Waals surface area contributed by atoms with Gasteiger partial charge in [-0.2, -0.15) is 0 Å². The minimum absolute atomic E-state index is 0.00000900. The fourth-order valence-electron chi connectivity index (χ4n) is 3.41. The minimum Gasteiger partial charge on any atom is -0.484 e. The van der Waals surface area contributed by atoms with Gasteiger partial charge in [-0.05, 0) is 49.5 Å². The molecule has 0 spiro atoms. The van der Waals surface area contributed by atoms with Gasteiger partial charge in [0.2, 0.25) is 0 Å². The molecule has 0 aliphatic carbocycles. The van der Waals surface area contributed by atoms with Crippen molar-refractivity contribution in [1.82, 2.24) is 10.3 Å². The van der Waals surface area contributed by atoms with Gasteiger partial charge in [0.15, 0.2) is 6.61 Å². The summed E-state index contributed by atoms with van der Waals surface area (Å²) in [5.41, 5.74) is 3.36. The zero-order valence-corrected chi connectivity index (χ0v) is 20.1. The number of benzene rings is 2. The maximum atomic E-state index is 12.4. The Morgan fingerprint density at radius 1 is 1.13 bits per heavy atom. The Hall–Kier alpha value is -1.96. The lowest BCUT2D eigenvalue weighted by Gasteiger charge is -2.21. The molecule has 31 heavy (non-hydrogen) atoms. The molecule has 4 rings (SSSR count). The van der Waals surface area contributed by atoms with Gasteiger partial charge in [-0.15, -0.1) is 34.9 Å². The van der Waals surface area contributed by atoms with Crippen molar-refractivity contribution in [2.45, 2.75) is 30.9 Å². The van der Waals surface area contributed by atoms with E-state index in [1.54, 1.807) is 11.3 Å². The number of hydrogen-bond acceptors (Lipinski definition) is 6. The molecule has 1 fully saturated rings. The third-order valence-corrected chi connectivity index (χ3v) is 9.38. The SMILES string of the molecule is Cc1nc(-c2ccccc2)sc1C(C)NC(=O)COc1ccc(C2SCCCS2)cc1. The fourth-order valence-corrected chi connectivity index (χ4v) is 7.38. The summed E-state index contributed by atoms with van der Waals surface area (Å²) in [5.74, 6) is 3.03. The number of aromatic nitrogens is 1. The second-order valence-corrected chi connectivity index (χ2v) is 11.2. The molecule has 1 aliphatic rings. The minimum atomic E-state index is -0.135. The third-order valence-electron chi connectivity index (χ3n) is 4.97. The van der Waals surface area contributed by atoms with E-state index in [0.717, 1.165) is 26.9 Å². The van der Waals surface area contributed by atoms with Crippen LogP contribution in [0.5, 0.6) is 5.75 Å². The van der Waals surface area contributed by atoms with Gasteiger partial charge in [0, 0.05) is 5.56 Å². The van der Waals surface area contributed by atoms with Gasteiger partial charge in [0.25, 0.3) is 5.91 Å². The van der Waals surface area contributed by atoms with E-state index in [-0.39, 0.29) is 18.6 Å². The van der Waals surface area contributed by atoms with Crippen LogP contribution >= 0.6 is 34.9 Å². The molecule has 1 aliphatic heterocycles. The summed E-state index contributed by atoms with van der Waals surface area (Å²) in [7, 11) is 0. The molecule has 0 saturated carbocycles. The van der Waals surface area contributed by atoms with Crippen molar-refractivity contribution < 1.29 is 9.53 Å². The van der Waals surface area contributed by atoms with Crippen molar-refractivity contribution in [1.29, 1.82) is 0 Å². The Kier molecular flexibility index (Phi) is 7.58. The van der Waals surface area contributed by atoms with Crippen LogP contribution in [0.15, 0.2) is 54.6 Å². The van der Waals surface area contributed by atoms with Crippen LogP contribution in [0.4, 0.5) is 0 Å². The molecule has 3 aromatic rings. The number of carbonyl (C=O) groups is 1. The van der Waals surface area contributed by atoms with Crippen molar-refractivity contribution in [2.24, 2.45) is 0 Å². The lowest BCUT2D eigenvalue weighted by atomic mass is 10.2. The number of thiazole rings is 1. The van der Waals surface area contributed by atoms with Gasteiger partial charge < -0.3 is 10.1 Å². The van der Waals surface area contributed by atoms with E-state index < -0.39 is 0 Å². The van der Waals surface area contributed by atoms with E-state index in [0.29, 0.717) is 4.58 Å². The number of nitrogens with one attached hydrogen (secondary N) is 1. The normalized spacial score (nSPS) is 15.4. The number of carbonyl (C=O) groups excluding carboxylic acids is 1. The van der Waals surface area contributed by atoms with E-state index >= 15 is 0 Å². The van der Waals surface area contributed by atoms with Gasteiger partial charge in [-0.3, -0.25) is 4.79 Å². The molecule has 1 unspecified atom stereocenters. The van der Waals surface area contributed by atoms with Crippen LogP contribution in [0.3, 0.4) is 0 Å². The Balaban J connectivity index is 1.30. The van der Waals surface area contributed by atoms with Crippen LogP contribution in [-0.2, 0) is 4.79 Å². The maximum Gasteiger partial charge on any atom is 0.258 e. The summed E-state index contributed by atoms with van der Waals surface area (Å²) < 4.78 is 6.22. The first-order chi connectivity index (χ1) is 15.1. The second kappa shape index (κ2) is 10.6. The Morgan fingerprint density at radius 2 is 1.84 bits per heavy atom. The maximum absolute atomic E-state index is 12.4. The first-order valence-corrected chi connectivity index (χ1v) is 13.3. The van der Waals surface area contributed by atoms with Gasteiger partial charge in [-0.25, -0.2) is 4.98 Å². The number of aryl methyl sites for hydroxylation is 1. The fraction of sp³-hybridized carbons (Fsp3) is 0.333. The summed E-state index contributed by atoms with van der Waals surface area (Å²) >= 11 is 5.62. The highest BCUT2D eigenvalue weighted by molar-refractivity contribution is 8.16. The molecule has 7 heteroatoms. The topological polar surface area (TPSA) is 51.2 Å². The molecule has 0 bridgehead atoms. The number of hydrogen-bond donors (Lipinski definition) is 1. The van der Waals surface area contributed by atoms with Crippen molar-refractivity contribution in [3.05, 3.63) is 70.7 Å². The lowest BCUT2D eigenvalue weighted by Crippen LogP contribution is -2.31. The standard InChI is InChI=1S/C24H26N2O2S3/c1-16(22-17(2)26-23(31-22)18-7-4-3-5-8-18)25-21(27)15-28-20-11-9-19(10-12-20)24-29-13-6-14-30-24/h3-5,7-12,16,24H,6,13-15H2,1-2H3,(H,25,27). The van der Waals surface area contributed by atoms with Gasteiger partial charge in [0.1, 0.15) is 10.8 Å². The first kappa shape index (κ1) is 22.2. The average molecular weight is 471 g/mol. The highest BCUT2D eigenvalue weighted by Gasteiger charge is 2.18. The Bertz CT molecular complexity index is 999. The van der Waals surface area contributed by atoms with E-state index in [1.165, 1.54) is 23.5 Å². The van der Waals surface area contributed by atoms with Gasteiger partial charge in [-0.1, -0.05) is 42.5 Å². The summed E-state index contributed by atoms with van der Waals surface area (Å²) in [6.07, 6.45) is 1.29. The molecule has 162 valence electrons. The molecule has 1 atom stereocenters. The largest absolute Gasteiger partial charge is 0.484 e. The van der Waals surface area contributed by atoms with Crippen LogP contribution in [0.2, 0.25) is 0 Å². The van der Waals surface area contributed by atoms with Crippen LogP contribution in [0.25, 0.3) is 10.6 Å². The van der Waals surface area contributed by atoms with Crippen LogP contribution in [-0.4, -0.2) is 29.0 Å². The first-order valence-electron chi connectivity index (χ1n) is 10.4. The number of amides is 1. The van der Waals surface area contributed by atoms with Crippen molar-refractivity contribution >= 4 is 40.8 Å². The molecular formula is C24H26N2O2S3. The molecule has 4 nitrogen and oxygen atoms in total. The second-order valence-electron chi connectivity index (χ2n) is 7.41. The smallest absolute Gasteiger partial charge is 0.258 e. The molecule has 1 aromatic heterocycles. The molecule has 1 amide bonds. The average Bonchev–Trinajstić information content (AvgIpc) is 3.21. The van der Waals surface area contributed by atoms with E-state index in [4.69, 9.17) is 4.74 Å². The van der Waals surface area contributed by atoms with Crippen LogP contribution in [0.1, 0.15) is 40.1 Å². The van der Waals surface area contributed by atoms with Gasteiger partial charge in [0.05, 0.1) is 21.2 Å².